The van der Waals surface area contributed by atoms with Gasteiger partial charge in [0.25, 0.3) is 0 Å². The van der Waals surface area contributed by atoms with Crippen LogP contribution in [-0.2, 0) is 0 Å². The van der Waals surface area contributed by atoms with E-state index in [-0.39, 0.29) is 0 Å². The monoisotopic (exact) mass is 314 g/mol. The molecule has 6 heteroatoms. The first kappa shape index (κ1) is 15.3. The van der Waals surface area contributed by atoms with Crippen LogP contribution in [0.2, 0.25) is 5.02 Å². The fourth-order valence-electron chi connectivity index (χ4n) is 1.87. The zero-order chi connectivity index (χ0) is 14.7. The molecule has 2 rings (SSSR count). The first-order chi connectivity index (χ1) is 9.55. The van der Waals surface area contributed by atoms with Gasteiger partial charge in [-0.25, -0.2) is 0 Å². The van der Waals surface area contributed by atoms with Gasteiger partial charge in [0.1, 0.15) is 11.5 Å². The second-order valence-electron chi connectivity index (χ2n) is 4.87. The molecule has 1 aliphatic rings. The van der Waals surface area contributed by atoms with Crippen molar-refractivity contribution in [2.24, 2.45) is 10.9 Å². The summed E-state index contributed by atoms with van der Waals surface area (Å²) in [4.78, 5) is 4.68. The lowest BCUT2D eigenvalue weighted by molar-refractivity contribution is 0.405. The Hall–Kier alpha value is -1.07. The molecule has 0 saturated heterocycles. The number of benzene rings is 1. The standard InChI is InChI=1S/C14H19ClN2O2S/c1-8(2)11-7-20-14(17-11)16-10-6-12(18-3)9(15)5-13(10)19-4/h5-6,8,11H,7H2,1-4H3,(H,16,17)/t11-/m1/s1. The van der Waals surface area contributed by atoms with Crippen molar-refractivity contribution in [2.45, 2.75) is 19.9 Å². The number of thioether (sulfide) groups is 1. The van der Waals surface area contributed by atoms with E-state index in [2.05, 4.69) is 24.2 Å². The molecule has 0 fully saturated rings. The van der Waals surface area contributed by atoms with E-state index in [0.717, 1.165) is 16.6 Å². The van der Waals surface area contributed by atoms with E-state index >= 15 is 0 Å². The van der Waals surface area contributed by atoms with E-state index in [4.69, 9.17) is 21.1 Å². The lowest BCUT2D eigenvalue weighted by Gasteiger charge is -2.13. The zero-order valence-corrected chi connectivity index (χ0v) is 13.6. The third kappa shape index (κ3) is 3.33. The first-order valence-corrected chi connectivity index (χ1v) is 7.80. The molecule has 0 spiro atoms. The van der Waals surface area contributed by atoms with E-state index in [1.54, 1.807) is 32.0 Å². The van der Waals surface area contributed by atoms with Crippen LogP contribution in [0.3, 0.4) is 0 Å². The van der Waals surface area contributed by atoms with Gasteiger partial charge >= 0.3 is 0 Å². The molecule has 1 atom stereocenters. The third-order valence-electron chi connectivity index (χ3n) is 3.16. The average Bonchev–Trinajstić information content (AvgIpc) is 2.89. The summed E-state index contributed by atoms with van der Waals surface area (Å²) in [5.74, 6) is 2.84. The molecule has 0 unspecified atom stereocenters. The number of nitrogens with zero attached hydrogens (tertiary/aromatic N) is 1. The molecule has 0 saturated carbocycles. The SMILES string of the molecule is COc1cc(NC2=N[C@@H](C(C)C)CS2)c(OC)cc1Cl. The molecule has 0 aliphatic carbocycles. The van der Waals surface area contributed by atoms with E-state index in [1.165, 1.54) is 0 Å². The Labute approximate surface area is 128 Å². The molecule has 1 aliphatic heterocycles. The lowest BCUT2D eigenvalue weighted by atomic mass is 10.1. The number of hydrogen-bond acceptors (Lipinski definition) is 5. The van der Waals surface area contributed by atoms with Gasteiger partial charge in [0, 0.05) is 17.9 Å². The summed E-state index contributed by atoms with van der Waals surface area (Å²) < 4.78 is 10.6. The van der Waals surface area contributed by atoms with Gasteiger partial charge in [0.05, 0.1) is 31.0 Å². The van der Waals surface area contributed by atoms with Crippen LogP contribution in [0.25, 0.3) is 0 Å². The van der Waals surface area contributed by atoms with Crippen molar-refractivity contribution in [1.82, 2.24) is 0 Å². The Morgan fingerprint density at radius 3 is 2.55 bits per heavy atom. The highest BCUT2D eigenvalue weighted by atomic mass is 35.5. The molecule has 4 nitrogen and oxygen atoms in total. The number of hydrogen-bond donors (Lipinski definition) is 1. The summed E-state index contributed by atoms with van der Waals surface area (Å²) >= 11 is 7.81. The molecule has 0 aromatic heterocycles. The van der Waals surface area contributed by atoms with Gasteiger partial charge < -0.3 is 14.8 Å². The molecular weight excluding hydrogens is 296 g/mol. The predicted octanol–water partition coefficient (Wildman–Crippen LogP) is 3.90. The third-order valence-corrected chi connectivity index (χ3v) is 4.44. The maximum absolute atomic E-state index is 6.09. The Balaban J connectivity index is 2.23. The van der Waals surface area contributed by atoms with Gasteiger partial charge in [-0.3, -0.25) is 4.99 Å². The van der Waals surface area contributed by atoms with Crippen molar-refractivity contribution in [2.75, 3.05) is 25.3 Å². The fraction of sp³-hybridized carbons (Fsp3) is 0.500. The molecule has 0 bridgehead atoms. The molecule has 1 aromatic carbocycles. The minimum Gasteiger partial charge on any atom is -0.495 e. The number of ether oxygens (including phenoxy) is 2. The van der Waals surface area contributed by atoms with Gasteiger partial charge in [0.2, 0.25) is 0 Å². The summed E-state index contributed by atoms with van der Waals surface area (Å²) in [6.45, 7) is 4.37. The van der Waals surface area contributed by atoms with Crippen LogP contribution in [0.5, 0.6) is 11.5 Å². The summed E-state index contributed by atoms with van der Waals surface area (Å²) in [6.07, 6.45) is 0. The maximum Gasteiger partial charge on any atom is 0.161 e. The quantitative estimate of drug-likeness (QED) is 0.915. The topological polar surface area (TPSA) is 42.8 Å². The second kappa shape index (κ2) is 6.59. The van der Waals surface area contributed by atoms with Crippen molar-refractivity contribution in [1.29, 1.82) is 0 Å². The van der Waals surface area contributed by atoms with E-state index < -0.39 is 0 Å². The predicted molar refractivity (Wildman–Crippen MR) is 86.7 cm³/mol. The normalized spacial score (nSPS) is 18.1. The van der Waals surface area contributed by atoms with Gasteiger partial charge in [-0.2, -0.15) is 0 Å². The number of aliphatic imine (C=N–C) groups is 1. The first-order valence-electron chi connectivity index (χ1n) is 6.44. The van der Waals surface area contributed by atoms with Crippen molar-refractivity contribution < 1.29 is 9.47 Å². The number of nitrogens with one attached hydrogen (secondary N) is 1. The Morgan fingerprint density at radius 1 is 1.30 bits per heavy atom. The summed E-state index contributed by atoms with van der Waals surface area (Å²) in [5.41, 5.74) is 0.810. The van der Waals surface area contributed by atoms with Crippen LogP contribution >= 0.6 is 23.4 Å². The van der Waals surface area contributed by atoms with E-state index in [0.29, 0.717) is 28.5 Å². The molecular formula is C14H19ClN2O2S. The van der Waals surface area contributed by atoms with Crippen LogP contribution < -0.4 is 14.8 Å². The summed E-state index contributed by atoms with van der Waals surface area (Å²) in [7, 11) is 3.21. The smallest absolute Gasteiger partial charge is 0.161 e. The highest BCUT2D eigenvalue weighted by Crippen LogP contribution is 2.37. The number of halogens is 1. The van der Waals surface area contributed by atoms with Crippen LogP contribution in [0.1, 0.15) is 13.8 Å². The Kier molecular flexibility index (Phi) is 5.05. The zero-order valence-electron chi connectivity index (χ0n) is 12.1. The van der Waals surface area contributed by atoms with Gasteiger partial charge in [-0.05, 0) is 5.92 Å². The van der Waals surface area contributed by atoms with Gasteiger partial charge in [0.15, 0.2) is 5.17 Å². The maximum atomic E-state index is 6.09. The highest BCUT2D eigenvalue weighted by molar-refractivity contribution is 8.14. The van der Waals surface area contributed by atoms with Gasteiger partial charge in [-0.1, -0.05) is 37.2 Å². The molecule has 1 aromatic rings. The largest absolute Gasteiger partial charge is 0.495 e. The van der Waals surface area contributed by atoms with Gasteiger partial charge in [-0.15, -0.1) is 0 Å². The second-order valence-corrected chi connectivity index (χ2v) is 6.28. The molecule has 20 heavy (non-hydrogen) atoms. The minimum absolute atomic E-state index is 0.364. The number of rotatable bonds is 4. The number of anilines is 1. The van der Waals surface area contributed by atoms with Crippen molar-refractivity contribution in [3.63, 3.8) is 0 Å². The Bertz CT molecular complexity index is 520. The molecule has 1 N–H and O–H groups in total. The molecule has 0 radical (unpaired) electrons. The molecule has 110 valence electrons. The fourth-order valence-corrected chi connectivity index (χ4v) is 3.28. The van der Waals surface area contributed by atoms with E-state index in [9.17, 15) is 0 Å². The highest BCUT2D eigenvalue weighted by Gasteiger charge is 2.22. The molecule has 0 amide bonds. The van der Waals surface area contributed by atoms with Crippen LogP contribution in [0.15, 0.2) is 17.1 Å². The van der Waals surface area contributed by atoms with Crippen LogP contribution in [0.4, 0.5) is 5.69 Å². The molecule has 1 heterocycles. The van der Waals surface area contributed by atoms with Crippen molar-refractivity contribution in [3.8, 4) is 11.5 Å². The average molecular weight is 315 g/mol. The number of methoxy groups -OCH3 is 2. The van der Waals surface area contributed by atoms with Crippen LogP contribution in [0, 0.1) is 5.92 Å². The Morgan fingerprint density at radius 2 is 2.00 bits per heavy atom. The number of amidine groups is 1. The summed E-state index contributed by atoms with van der Waals surface area (Å²) in [6, 6.07) is 3.93. The lowest BCUT2D eigenvalue weighted by Crippen LogP contribution is -2.12. The van der Waals surface area contributed by atoms with E-state index in [1.807, 2.05) is 6.07 Å². The van der Waals surface area contributed by atoms with Crippen LogP contribution in [-0.4, -0.2) is 31.2 Å². The summed E-state index contributed by atoms with van der Waals surface area (Å²) in [5, 5.41) is 4.73. The minimum atomic E-state index is 0.364. The van der Waals surface area contributed by atoms with Crippen molar-refractivity contribution in [3.05, 3.63) is 17.2 Å². The van der Waals surface area contributed by atoms with Crippen molar-refractivity contribution >= 4 is 34.2 Å².